The average molecular weight is 418 g/mol. The number of aromatic nitrogens is 2. The number of urea groups is 1. The van der Waals surface area contributed by atoms with Crippen LogP contribution in [0.2, 0.25) is 15.1 Å². The summed E-state index contributed by atoms with van der Waals surface area (Å²) in [5, 5.41) is 8.31. The molecule has 3 amide bonds. The van der Waals surface area contributed by atoms with Crippen LogP contribution >= 0.6 is 34.8 Å². The minimum Gasteiger partial charge on any atom is -0.305 e. The normalized spacial score (nSPS) is 11.2. The minimum atomic E-state index is -0.914. The van der Waals surface area contributed by atoms with Crippen molar-refractivity contribution in [2.75, 3.05) is 5.32 Å². The molecule has 0 radical (unpaired) electrons. The van der Waals surface area contributed by atoms with E-state index in [-0.39, 0.29) is 26.3 Å². The van der Waals surface area contributed by atoms with E-state index in [1.54, 1.807) is 26.8 Å². The van der Waals surface area contributed by atoms with Gasteiger partial charge in [0.1, 0.15) is 5.02 Å². The maximum Gasteiger partial charge on any atom is 0.326 e. The molecule has 26 heavy (non-hydrogen) atoms. The van der Waals surface area contributed by atoms with Crippen LogP contribution in [0.4, 0.5) is 10.5 Å². The maximum absolute atomic E-state index is 12.2. The summed E-state index contributed by atoms with van der Waals surface area (Å²) in [4.78, 5) is 36.5. The molecule has 0 atom stereocenters. The molecule has 0 unspecified atom stereocenters. The molecule has 2 rings (SSSR count). The van der Waals surface area contributed by atoms with E-state index < -0.39 is 23.0 Å². The van der Waals surface area contributed by atoms with Crippen molar-refractivity contribution in [3.05, 3.63) is 55.4 Å². The first-order valence-corrected chi connectivity index (χ1v) is 8.50. The van der Waals surface area contributed by atoms with Crippen LogP contribution in [0.5, 0.6) is 0 Å². The van der Waals surface area contributed by atoms with Gasteiger partial charge in [0.15, 0.2) is 0 Å². The van der Waals surface area contributed by atoms with Gasteiger partial charge < -0.3 is 5.32 Å². The Hall–Kier alpha value is -2.09. The highest BCUT2D eigenvalue weighted by Gasteiger charge is 2.21. The van der Waals surface area contributed by atoms with Gasteiger partial charge in [0.2, 0.25) is 0 Å². The van der Waals surface area contributed by atoms with E-state index in [1.807, 2.05) is 0 Å². The molecule has 1 aromatic carbocycles. The van der Waals surface area contributed by atoms with Gasteiger partial charge in [0.25, 0.3) is 11.5 Å². The number of benzene rings is 1. The third-order valence-corrected chi connectivity index (χ3v) is 4.21. The van der Waals surface area contributed by atoms with Crippen molar-refractivity contribution >= 4 is 52.4 Å². The van der Waals surface area contributed by atoms with Gasteiger partial charge in [-0.05, 0) is 32.9 Å². The second kappa shape index (κ2) is 7.65. The van der Waals surface area contributed by atoms with Gasteiger partial charge in [-0.1, -0.05) is 40.9 Å². The molecule has 1 heterocycles. The van der Waals surface area contributed by atoms with E-state index in [9.17, 15) is 14.4 Å². The lowest BCUT2D eigenvalue weighted by Crippen LogP contribution is -2.38. The number of halogens is 3. The average Bonchev–Trinajstić information content (AvgIpc) is 2.50. The summed E-state index contributed by atoms with van der Waals surface area (Å²) in [6, 6.07) is 3.58. The highest BCUT2D eigenvalue weighted by atomic mass is 35.5. The van der Waals surface area contributed by atoms with Gasteiger partial charge in [-0.2, -0.15) is 5.10 Å². The predicted octanol–water partition coefficient (Wildman–Crippen LogP) is 3.92. The lowest BCUT2D eigenvalue weighted by atomic mass is 10.1. The molecule has 0 saturated heterocycles. The summed E-state index contributed by atoms with van der Waals surface area (Å²) in [6.45, 7) is 5.34. The lowest BCUT2D eigenvalue weighted by molar-refractivity contribution is 0.0967. The Bertz CT molecular complexity index is 915. The van der Waals surface area contributed by atoms with Crippen LogP contribution < -0.4 is 16.2 Å². The van der Waals surface area contributed by atoms with E-state index in [4.69, 9.17) is 34.8 Å². The quantitative estimate of drug-likeness (QED) is 0.774. The first-order valence-electron chi connectivity index (χ1n) is 7.37. The molecule has 0 spiro atoms. The Kier molecular flexibility index (Phi) is 5.95. The highest BCUT2D eigenvalue weighted by Crippen LogP contribution is 2.24. The van der Waals surface area contributed by atoms with Crippen molar-refractivity contribution in [3.63, 3.8) is 0 Å². The maximum atomic E-state index is 12.2. The SMILES string of the molecule is CC(C)(C)n1ncc(NC(=O)NC(=O)c2c(Cl)cccc2Cl)c(Cl)c1=O. The molecular formula is C16H15Cl3N4O3. The molecule has 138 valence electrons. The molecule has 7 nitrogen and oxygen atoms in total. The fourth-order valence-corrected chi connectivity index (χ4v) is 2.78. The fourth-order valence-electron chi connectivity index (χ4n) is 2.03. The van der Waals surface area contributed by atoms with Gasteiger partial charge in [-0.3, -0.25) is 14.9 Å². The van der Waals surface area contributed by atoms with Crippen molar-refractivity contribution in [3.8, 4) is 0 Å². The minimum absolute atomic E-state index is 0.0345. The smallest absolute Gasteiger partial charge is 0.305 e. The number of amides is 3. The van der Waals surface area contributed by atoms with Crippen molar-refractivity contribution in [2.24, 2.45) is 0 Å². The second-order valence-corrected chi connectivity index (χ2v) is 7.46. The molecular weight excluding hydrogens is 403 g/mol. The number of rotatable bonds is 2. The van der Waals surface area contributed by atoms with Crippen LogP contribution in [0.1, 0.15) is 31.1 Å². The third-order valence-electron chi connectivity index (χ3n) is 3.22. The second-order valence-electron chi connectivity index (χ2n) is 6.26. The Balaban J connectivity index is 2.20. The van der Waals surface area contributed by atoms with E-state index in [0.717, 1.165) is 0 Å². The van der Waals surface area contributed by atoms with E-state index >= 15 is 0 Å². The number of imide groups is 1. The zero-order chi connectivity index (χ0) is 19.6. The number of nitrogens with one attached hydrogen (secondary N) is 2. The summed E-state index contributed by atoms with van der Waals surface area (Å²) >= 11 is 17.9. The van der Waals surface area contributed by atoms with Gasteiger partial charge in [0.05, 0.1) is 33.0 Å². The van der Waals surface area contributed by atoms with Crippen LogP contribution in [0.25, 0.3) is 0 Å². The predicted molar refractivity (Wildman–Crippen MR) is 101 cm³/mol. The van der Waals surface area contributed by atoms with Crippen LogP contribution in [-0.2, 0) is 5.54 Å². The van der Waals surface area contributed by atoms with Crippen LogP contribution in [0.15, 0.2) is 29.2 Å². The van der Waals surface area contributed by atoms with Crippen molar-refractivity contribution in [2.45, 2.75) is 26.3 Å². The largest absolute Gasteiger partial charge is 0.326 e. The Morgan fingerprint density at radius 3 is 2.23 bits per heavy atom. The lowest BCUT2D eigenvalue weighted by Gasteiger charge is -2.21. The molecule has 10 heteroatoms. The first-order chi connectivity index (χ1) is 12.0. The molecule has 0 fully saturated rings. The molecule has 2 N–H and O–H groups in total. The number of carbonyl (C=O) groups excluding carboxylic acids is 2. The number of nitrogens with zero attached hydrogens (tertiary/aromatic N) is 2. The van der Waals surface area contributed by atoms with Crippen molar-refractivity contribution in [1.29, 1.82) is 0 Å². The fraction of sp³-hybridized carbons (Fsp3) is 0.250. The molecule has 1 aromatic heterocycles. The summed E-state index contributed by atoms with van der Waals surface area (Å²) in [5.41, 5.74) is -1.23. The summed E-state index contributed by atoms with van der Waals surface area (Å²) in [7, 11) is 0. The summed E-state index contributed by atoms with van der Waals surface area (Å²) in [5.74, 6) is -0.801. The van der Waals surface area contributed by atoms with Crippen LogP contribution in [-0.4, -0.2) is 21.7 Å². The monoisotopic (exact) mass is 416 g/mol. The van der Waals surface area contributed by atoms with Gasteiger partial charge in [0, 0.05) is 0 Å². The molecule has 0 aliphatic heterocycles. The molecule has 0 saturated carbocycles. The summed E-state index contributed by atoms with van der Waals surface area (Å²) in [6.07, 6.45) is 1.22. The van der Waals surface area contributed by atoms with Gasteiger partial charge >= 0.3 is 6.03 Å². The molecule has 0 aliphatic carbocycles. The Labute approximate surface area is 164 Å². The standard InChI is InChI=1S/C16H15Cl3N4O3/c1-16(2,3)23-14(25)12(19)10(7-20-23)21-15(26)22-13(24)11-8(17)5-4-6-9(11)18/h4-7H,1-3H3,(H2,21,22,24,26). The van der Waals surface area contributed by atoms with Gasteiger partial charge in [-0.25, -0.2) is 9.48 Å². The van der Waals surface area contributed by atoms with Crippen LogP contribution in [0, 0.1) is 0 Å². The molecule has 0 aliphatic rings. The van der Waals surface area contributed by atoms with Gasteiger partial charge in [-0.15, -0.1) is 0 Å². The zero-order valence-corrected chi connectivity index (χ0v) is 16.3. The van der Waals surface area contributed by atoms with Crippen LogP contribution in [0.3, 0.4) is 0 Å². The summed E-state index contributed by atoms with van der Waals surface area (Å²) < 4.78 is 1.19. The third kappa shape index (κ3) is 4.35. The number of hydrogen-bond donors (Lipinski definition) is 2. The van der Waals surface area contributed by atoms with E-state index in [0.29, 0.717) is 0 Å². The van der Waals surface area contributed by atoms with Crippen molar-refractivity contribution < 1.29 is 9.59 Å². The van der Waals surface area contributed by atoms with E-state index in [1.165, 1.54) is 23.0 Å². The number of anilines is 1. The Morgan fingerprint density at radius 2 is 1.69 bits per heavy atom. The first kappa shape index (κ1) is 20.2. The van der Waals surface area contributed by atoms with Crippen molar-refractivity contribution in [1.82, 2.24) is 15.1 Å². The topological polar surface area (TPSA) is 93.1 Å². The molecule has 0 bridgehead atoms. The number of carbonyl (C=O) groups is 2. The Morgan fingerprint density at radius 1 is 1.12 bits per heavy atom. The zero-order valence-electron chi connectivity index (χ0n) is 14.1. The van der Waals surface area contributed by atoms with E-state index in [2.05, 4.69) is 15.7 Å². The highest BCUT2D eigenvalue weighted by molar-refractivity contribution is 6.40. The molecule has 2 aromatic rings. The number of hydrogen-bond acceptors (Lipinski definition) is 4.